The summed E-state index contributed by atoms with van der Waals surface area (Å²) in [5.41, 5.74) is 0. The molecule has 0 fully saturated rings. The number of amides is 3. The SMILES string of the molecule is CNC(=O)NC(C)CC(C)C.COC(=O)N=CN(C)C. The molecule has 1 unspecified atom stereocenters. The molecule has 7 nitrogen and oxygen atoms in total. The lowest BCUT2D eigenvalue weighted by Gasteiger charge is -2.14. The maximum atomic E-state index is 10.8. The Balaban J connectivity index is 0. The summed E-state index contributed by atoms with van der Waals surface area (Å²) >= 11 is 0. The lowest BCUT2D eigenvalue weighted by atomic mass is 10.1. The largest absolute Gasteiger partial charge is 0.451 e. The van der Waals surface area contributed by atoms with Gasteiger partial charge in [-0.25, -0.2) is 9.59 Å². The third kappa shape index (κ3) is 16.2. The van der Waals surface area contributed by atoms with E-state index in [1.165, 1.54) is 13.4 Å². The zero-order valence-corrected chi connectivity index (χ0v) is 13.6. The van der Waals surface area contributed by atoms with Gasteiger partial charge in [-0.15, -0.1) is 0 Å². The molecule has 0 aromatic carbocycles. The van der Waals surface area contributed by atoms with Crippen LogP contribution in [0.15, 0.2) is 4.99 Å². The molecule has 20 heavy (non-hydrogen) atoms. The van der Waals surface area contributed by atoms with E-state index in [1.54, 1.807) is 26.0 Å². The van der Waals surface area contributed by atoms with Crippen molar-refractivity contribution in [2.24, 2.45) is 10.9 Å². The molecule has 2 N–H and O–H groups in total. The van der Waals surface area contributed by atoms with E-state index in [0.29, 0.717) is 5.92 Å². The first-order chi connectivity index (χ1) is 9.22. The molecule has 0 heterocycles. The first kappa shape index (κ1) is 20.5. The zero-order valence-electron chi connectivity index (χ0n) is 13.6. The topological polar surface area (TPSA) is 83.0 Å². The van der Waals surface area contributed by atoms with E-state index in [0.717, 1.165) is 6.42 Å². The molecule has 0 spiro atoms. The molecule has 0 aliphatic rings. The van der Waals surface area contributed by atoms with Crippen molar-refractivity contribution in [1.82, 2.24) is 15.5 Å². The number of nitrogens with zero attached hydrogens (tertiary/aromatic N) is 2. The summed E-state index contributed by atoms with van der Waals surface area (Å²) in [6.07, 6.45) is 1.82. The van der Waals surface area contributed by atoms with Crippen LogP contribution in [0.5, 0.6) is 0 Å². The highest BCUT2D eigenvalue weighted by atomic mass is 16.5. The van der Waals surface area contributed by atoms with Crippen molar-refractivity contribution >= 4 is 18.5 Å². The Bertz CT molecular complexity index is 304. The Labute approximate surface area is 121 Å². The van der Waals surface area contributed by atoms with Gasteiger partial charge in [-0.1, -0.05) is 13.8 Å². The minimum atomic E-state index is -0.580. The standard InChI is InChI=1S/C8H18N2O.C5H10N2O2/c1-6(2)5-7(3)10-8(11)9-4;1-7(2)4-6-5(8)9-3/h6-7H,5H2,1-4H3,(H2,9,10,11);4H,1-3H3. The Morgan fingerprint density at radius 3 is 2.20 bits per heavy atom. The summed E-state index contributed by atoms with van der Waals surface area (Å²) in [5.74, 6) is 0.627. The molecule has 3 amide bonds. The molecule has 0 aromatic heterocycles. The van der Waals surface area contributed by atoms with Crippen molar-refractivity contribution in [3.05, 3.63) is 0 Å². The van der Waals surface area contributed by atoms with Gasteiger partial charge in [-0.05, 0) is 19.3 Å². The van der Waals surface area contributed by atoms with Crippen molar-refractivity contribution in [3.63, 3.8) is 0 Å². The Morgan fingerprint density at radius 2 is 1.85 bits per heavy atom. The van der Waals surface area contributed by atoms with Gasteiger partial charge in [-0.2, -0.15) is 4.99 Å². The average molecular weight is 288 g/mol. The second kappa shape index (κ2) is 12.3. The highest BCUT2D eigenvalue weighted by Gasteiger charge is 2.06. The molecule has 7 heteroatoms. The molecule has 0 saturated heterocycles. The number of aliphatic imine (C=N–C) groups is 1. The zero-order chi connectivity index (χ0) is 16.1. The van der Waals surface area contributed by atoms with Crippen LogP contribution in [-0.4, -0.2) is 57.7 Å². The van der Waals surface area contributed by atoms with Crippen LogP contribution in [0.4, 0.5) is 9.59 Å². The van der Waals surface area contributed by atoms with Crippen molar-refractivity contribution in [3.8, 4) is 0 Å². The molecular formula is C13H28N4O3. The van der Waals surface area contributed by atoms with Gasteiger partial charge >= 0.3 is 12.1 Å². The van der Waals surface area contributed by atoms with E-state index in [-0.39, 0.29) is 12.1 Å². The van der Waals surface area contributed by atoms with Gasteiger partial charge in [0.2, 0.25) is 0 Å². The minimum Gasteiger partial charge on any atom is -0.451 e. The van der Waals surface area contributed by atoms with Crippen LogP contribution in [0.2, 0.25) is 0 Å². The first-order valence-corrected chi connectivity index (χ1v) is 6.49. The van der Waals surface area contributed by atoms with Crippen LogP contribution in [0.1, 0.15) is 27.2 Å². The predicted molar refractivity (Wildman–Crippen MR) is 81.1 cm³/mol. The van der Waals surface area contributed by atoms with E-state index in [1.807, 2.05) is 6.92 Å². The molecule has 0 aliphatic carbocycles. The minimum absolute atomic E-state index is 0.0989. The van der Waals surface area contributed by atoms with Crippen LogP contribution < -0.4 is 10.6 Å². The van der Waals surface area contributed by atoms with Crippen LogP contribution in [-0.2, 0) is 4.74 Å². The molecular weight excluding hydrogens is 260 g/mol. The predicted octanol–water partition coefficient (Wildman–Crippen LogP) is 1.69. The van der Waals surface area contributed by atoms with Gasteiger partial charge in [-0.3, -0.25) is 0 Å². The molecule has 0 aliphatic heterocycles. The van der Waals surface area contributed by atoms with Gasteiger partial charge < -0.3 is 20.3 Å². The van der Waals surface area contributed by atoms with Gasteiger partial charge in [0.25, 0.3) is 0 Å². The summed E-state index contributed by atoms with van der Waals surface area (Å²) in [6.45, 7) is 6.29. The lowest BCUT2D eigenvalue weighted by Crippen LogP contribution is -2.39. The molecule has 118 valence electrons. The van der Waals surface area contributed by atoms with E-state index in [9.17, 15) is 9.59 Å². The van der Waals surface area contributed by atoms with Crippen molar-refractivity contribution in [2.75, 3.05) is 28.3 Å². The summed E-state index contributed by atoms with van der Waals surface area (Å²) in [4.78, 5) is 26.1. The van der Waals surface area contributed by atoms with Crippen molar-refractivity contribution in [2.45, 2.75) is 33.2 Å². The van der Waals surface area contributed by atoms with E-state index in [2.05, 4.69) is 34.2 Å². The summed E-state index contributed by atoms with van der Waals surface area (Å²) < 4.78 is 4.24. The quantitative estimate of drug-likeness (QED) is 0.609. The van der Waals surface area contributed by atoms with Gasteiger partial charge in [0, 0.05) is 27.2 Å². The van der Waals surface area contributed by atoms with Crippen LogP contribution in [0.25, 0.3) is 0 Å². The summed E-state index contributed by atoms with van der Waals surface area (Å²) in [7, 11) is 6.45. The molecule has 0 radical (unpaired) electrons. The number of hydrogen-bond donors (Lipinski definition) is 2. The second-order valence-electron chi connectivity index (χ2n) is 4.93. The molecule has 0 rings (SSSR count). The number of hydrogen-bond acceptors (Lipinski definition) is 3. The highest BCUT2D eigenvalue weighted by Crippen LogP contribution is 2.02. The Kier molecular flexibility index (Phi) is 12.6. The highest BCUT2D eigenvalue weighted by molar-refractivity contribution is 5.78. The maximum absolute atomic E-state index is 10.8. The fraction of sp³-hybridized carbons (Fsp3) is 0.769. The van der Waals surface area contributed by atoms with Crippen molar-refractivity contribution in [1.29, 1.82) is 0 Å². The number of rotatable bonds is 4. The van der Waals surface area contributed by atoms with E-state index >= 15 is 0 Å². The maximum Gasteiger partial charge on any atom is 0.434 e. The van der Waals surface area contributed by atoms with Gasteiger partial charge in [0.05, 0.1) is 13.4 Å². The molecule has 0 saturated carbocycles. The fourth-order valence-corrected chi connectivity index (χ4v) is 1.28. The molecule has 1 atom stereocenters. The van der Waals surface area contributed by atoms with Gasteiger partial charge in [0.1, 0.15) is 0 Å². The number of carbonyl (C=O) groups is 2. The summed E-state index contributed by atoms with van der Waals surface area (Å²) in [5, 5.41) is 5.33. The average Bonchev–Trinajstić information content (AvgIpc) is 2.35. The number of nitrogens with one attached hydrogen (secondary N) is 2. The van der Waals surface area contributed by atoms with Crippen LogP contribution >= 0.6 is 0 Å². The smallest absolute Gasteiger partial charge is 0.434 e. The number of urea groups is 1. The van der Waals surface area contributed by atoms with Gasteiger partial charge in [0.15, 0.2) is 0 Å². The molecule has 0 aromatic rings. The molecule has 0 bridgehead atoms. The van der Waals surface area contributed by atoms with E-state index < -0.39 is 6.09 Å². The normalized spacial score (nSPS) is 11.4. The number of carbonyl (C=O) groups excluding carboxylic acids is 2. The van der Waals surface area contributed by atoms with E-state index in [4.69, 9.17) is 0 Å². The second-order valence-corrected chi connectivity index (χ2v) is 4.93. The van der Waals surface area contributed by atoms with Crippen LogP contribution in [0.3, 0.4) is 0 Å². The van der Waals surface area contributed by atoms with Crippen molar-refractivity contribution < 1.29 is 14.3 Å². The number of methoxy groups -OCH3 is 1. The lowest BCUT2D eigenvalue weighted by molar-refractivity contribution is 0.182. The monoisotopic (exact) mass is 288 g/mol. The Hall–Kier alpha value is -1.79. The van der Waals surface area contributed by atoms with Crippen LogP contribution in [0, 0.1) is 5.92 Å². The fourth-order valence-electron chi connectivity index (χ4n) is 1.28. The first-order valence-electron chi connectivity index (χ1n) is 6.49. The Morgan fingerprint density at radius 1 is 1.30 bits per heavy atom. The third-order valence-corrected chi connectivity index (χ3v) is 2.00. The number of ether oxygens (including phenoxy) is 1. The summed E-state index contributed by atoms with van der Waals surface area (Å²) in [6, 6.07) is 0.160. The third-order valence-electron chi connectivity index (χ3n) is 2.00.